The SMILES string of the molecule is C[C@H](N)C(=O)Nc1ccc2c(c1)N(C(=O)C1CC1)CCC2. The summed E-state index contributed by atoms with van der Waals surface area (Å²) < 4.78 is 0. The van der Waals surface area contributed by atoms with E-state index in [1.807, 2.05) is 23.1 Å². The van der Waals surface area contributed by atoms with E-state index in [0.717, 1.165) is 37.9 Å². The van der Waals surface area contributed by atoms with Crippen LogP contribution in [0.5, 0.6) is 0 Å². The number of hydrogen-bond donors (Lipinski definition) is 2. The van der Waals surface area contributed by atoms with Crippen LogP contribution < -0.4 is 16.0 Å². The number of carbonyl (C=O) groups is 2. The van der Waals surface area contributed by atoms with Gasteiger partial charge in [0, 0.05) is 23.8 Å². The van der Waals surface area contributed by atoms with Crippen LogP contribution in [0.3, 0.4) is 0 Å². The average molecular weight is 287 g/mol. The Morgan fingerprint density at radius 3 is 2.81 bits per heavy atom. The number of benzene rings is 1. The molecule has 1 aromatic carbocycles. The minimum Gasteiger partial charge on any atom is -0.325 e. The second-order valence-corrected chi connectivity index (χ2v) is 5.99. The van der Waals surface area contributed by atoms with Gasteiger partial charge in [-0.3, -0.25) is 9.59 Å². The van der Waals surface area contributed by atoms with Gasteiger partial charge in [-0.05, 0) is 50.3 Å². The van der Waals surface area contributed by atoms with Crippen molar-refractivity contribution < 1.29 is 9.59 Å². The molecular weight excluding hydrogens is 266 g/mol. The molecule has 3 N–H and O–H groups in total. The first-order valence-corrected chi connectivity index (χ1v) is 7.57. The molecule has 21 heavy (non-hydrogen) atoms. The first-order chi connectivity index (χ1) is 10.1. The van der Waals surface area contributed by atoms with Crippen LogP contribution in [0, 0.1) is 5.92 Å². The number of nitrogens with zero attached hydrogens (tertiary/aromatic N) is 1. The molecule has 2 aliphatic rings. The van der Waals surface area contributed by atoms with E-state index in [9.17, 15) is 9.59 Å². The van der Waals surface area contributed by atoms with Crippen LogP contribution in [-0.4, -0.2) is 24.4 Å². The number of fused-ring (bicyclic) bond motifs is 1. The van der Waals surface area contributed by atoms with E-state index in [1.165, 1.54) is 5.56 Å². The van der Waals surface area contributed by atoms with Crippen LogP contribution in [-0.2, 0) is 16.0 Å². The molecule has 1 atom stereocenters. The summed E-state index contributed by atoms with van der Waals surface area (Å²) >= 11 is 0. The van der Waals surface area contributed by atoms with E-state index in [-0.39, 0.29) is 17.7 Å². The number of amides is 2. The molecule has 112 valence electrons. The summed E-state index contributed by atoms with van der Waals surface area (Å²) in [6.45, 7) is 2.42. The summed E-state index contributed by atoms with van der Waals surface area (Å²) in [4.78, 5) is 26.0. The largest absolute Gasteiger partial charge is 0.325 e. The third-order valence-electron chi connectivity index (χ3n) is 4.08. The van der Waals surface area contributed by atoms with Crippen molar-refractivity contribution in [1.29, 1.82) is 0 Å². The number of nitrogens with two attached hydrogens (primary N) is 1. The second kappa shape index (κ2) is 5.48. The van der Waals surface area contributed by atoms with Crippen molar-refractivity contribution >= 4 is 23.2 Å². The Bertz CT molecular complexity index is 579. The Hall–Kier alpha value is -1.88. The normalized spacial score (nSPS) is 18.9. The molecule has 0 bridgehead atoms. The summed E-state index contributed by atoms with van der Waals surface area (Å²) in [5.74, 6) is 0.218. The van der Waals surface area contributed by atoms with Crippen molar-refractivity contribution in [2.24, 2.45) is 11.7 Å². The Morgan fingerprint density at radius 2 is 2.14 bits per heavy atom. The molecule has 1 aliphatic heterocycles. The molecule has 1 saturated carbocycles. The standard InChI is InChI=1S/C16H21N3O2/c1-10(17)15(20)18-13-7-6-11-3-2-8-19(14(11)9-13)16(21)12-4-5-12/h6-7,9-10,12H,2-5,8,17H2,1H3,(H,18,20)/t10-/m0/s1. The number of carbonyl (C=O) groups excluding carboxylic acids is 2. The molecule has 2 amide bonds. The van der Waals surface area contributed by atoms with Gasteiger partial charge in [-0.15, -0.1) is 0 Å². The molecule has 1 aromatic rings. The van der Waals surface area contributed by atoms with E-state index >= 15 is 0 Å². The van der Waals surface area contributed by atoms with Crippen molar-refractivity contribution in [2.45, 2.75) is 38.6 Å². The highest BCUT2D eigenvalue weighted by Crippen LogP contribution is 2.36. The number of hydrogen-bond acceptors (Lipinski definition) is 3. The molecule has 0 saturated heterocycles. The van der Waals surface area contributed by atoms with E-state index in [2.05, 4.69) is 5.32 Å². The molecule has 0 radical (unpaired) electrons. The van der Waals surface area contributed by atoms with Gasteiger partial charge in [-0.25, -0.2) is 0 Å². The minimum atomic E-state index is -0.551. The monoisotopic (exact) mass is 287 g/mol. The van der Waals surface area contributed by atoms with Crippen molar-refractivity contribution in [2.75, 3.05) is 16.8 Å². The average Bonchev–Trinajstić information content (AvgIpc) is 3.30. The van der Waals surface area contributed by atoms with Crippen LogP contribution >= 0.6 is 0 Å². The molecular formula is C16H21N3O2. The topological polar surface area (TPSA) is 75.4 Å². The summed E-state index contributed by atoms with van der Waals surface area (Å²) in [5.41, 5.74) is 8.39. The number of nitrogens with one attached hydrogen (secondary N) is 1. The van der Waals surface area contributed by atoms with Crippen LogP contribution in [0.4, 0.5) is 11.4 Å². The first kappa shape index (κ1) is 14.1. The molecule has 1 heterocycles. The lowest BCUT2D eigenvalue weighted by Crippen LogP contribution is -2.37. The lowest BCUT2D eigenvalue weighted by Gasteiger charge is -2.30. The number of anilines is 2. The van der Waals surface area contributed by atoms with Gasteiger partial charge in [-0.2, -0.15) is 0 Å². The fourth-order valence-electron chi connectivity index (χ4n) is 2.69. The molecule has 0 spiro atoms. The first-order valence-electron chi connectivity index (χ1n) is 7.57. The Kier molecular flexibility index (Phi) is 3.68. The summed E-state index contributed by atoms with van der Waals surface area (Å²) in [6.07, 6.45) is 3.99. The van der Waals surface area contributed by atoms with Crippen LogP contribution in [0.25, 0.3) is 0 Å². The lowest BCUT2D eigenvalue weighted by atomic mass is 10.0. The maximum atomic E-state index is 12.4. The number of aryl methyl sites for hydroxylation is 1. The van der Waals surface area contributed by atoms with Gasteiger partial charge in [0.2, 0.25) is 11.8 Å². The van der Waals surface area contributed by atoms with Crippen molar-refractivity contribution in [3.05, 3.63) is 23.8 Å². The maximum Gasteiger partial charge on any atom is 0.240 e. The van der Waals surface area contributed by atoms with Gasteiger partial charge in [-0.1, -0.05) is 6.07 Å². The van der Waals surface area contributed by atoms with Gasteiger partial charge in [0.15, 0.2) is 0 Å². The van der Waals surface area contributed by atoms with Crippen LogP contribution in [0.15, 0.2) is 18.2 Å². The van der Waals surface area contributed by atoms with Gasteiger partial charge in [0.25, 0.3) is 0 Å². The highest BCUT2D eigenvalue weighted by atomic mass is 16.2. The minimum absolute atomic E-state index is 0.207. The lowest BCUT2D eigenvalue weighted by molar-refractivity contribution is -0.120. The van der Waals surface area contributed by atoms with E-state index < -0.39 is 6.04 Å². The van der Waals surface area contributed by atoms with Gasteiger partial charge >= 0.3 is 0 Å². The van der Waals surface area contributed by atoms with E-state index in [1.54, 1.807) is 6.92 Å². The van der Waals surface area contributed by atoms with Crippen LogP contribution in [0.1, 0.15) is 31.7 Å². The van der Waals surface area contributed by atoms with Crippen LogP contribution in [0.2, 0.25) is 0 Å². The third-order valence-corrected chi connectivity index (χ3v) is 4.08. The zero-order valence-corrected chi connectivity index (χ0v) is 12.3. The van der Waals surface area contributed by atoms with E-state index in [0.29, 0.717) is 5.69 Å². The van der Waals surface area contributed by atoms with Gasteiger partial charge in [0.1, 0.15) is 0 Å². The smallest absolute Gasteiger partial charge is 0.240 e. The zero-order valence-electron chi connectivity index (χ0n) is 12.3. The van der Waals surface area contributed by atoms with Gasteiger partial charge in [0.05, 0.1) is 6.04 Å². The Labute approximate surface area is 124 Å². The summed E-state index contributed by atoms with van der Waals surface area (Å²) in [6, 6.07) is 5.22. The zero-order chi connectivity index (χ0) is 15.0. The maximum absolute atomic E-state index is 12.4. The number of rotatable bonds is 3. The Balaban J connectivity index is 1.85. The van der Waals surface area contributed by atoms with Crippen molar-refractivity contribution in [3.8, 4) is 0 Å². The fourth-order valence-corrected chi connectivity index (χ4v) is 2.69. The highest BCUT2D eigenvalue weighted by molar-refractivity contribution is 5.99. The molecule has 0 unspecified atom stereocenters. The molecule has 5 nitrogen and oxygen atoms in total. The predicted molar refractivity (Wildman–Crippen MR) is 82.1 cm³/mol. The molecule has 0 aromatic heterocycles. The fraction of sp³-hybridized carbons (Fsp3) is 0.500. The predicted octanol–water partition coefficient (Wildman–Crippen LogP) is 1.66. The quantitative estimate of drug-likeness (QED) is 0.887. The summed E-state index contributed by atoms with van der Waals surface area (Å²) in [5, 5.41) is 2.79. The molecule has 1 fully saturated rings. The molecule has 5 heteroatoms. The summed E-state index contributed by atoms with van der Waals surface area (Å²) in [7, 11) is 0. The Morgan fingerprint density at radius 1 is 1.38 bits per heavy atom. The van der Waals surface area contributed by atoms with Crippen molar-refractivity contribution in [3.63, 3.8) is 0 Å². The van der Waals surface area contributed by atoms with E-state index in [4.69, 9.17) is 5.73 Å². The molecule has 1 aliphatic carbocycles. The third kappa shape index (κ3) is 2.93. The van der Waals surface area contributed by atoms with Crippen molar-refractivity contribution in [1.82, 2.24) is 0 Å². The molecule has 3 rings (SSSR count). The van der Waals surface area contributed by atoms with Gasteiger partial charge < -0.3 is 16.0 Å². The second-order valence-electron chi connectivity index (χ2n) is 5.99. The highest BCUT2D eigenvalue weighted by Gasteiger charge is 2.35.